The van der Waals surface area contributed by atoms with Gasteiger partial charge in [0.05, 0.1) is 0 Å². The van der Waals surface area contributed by atoms with E-state index in [4.69, 9.17) is 4.74 Å². The molecule has 0 radical (unpaired) electrons. The molecule has 2 N–H and O–H groups in total. The molecule has 0 unspecified atom stereocenters. The van der Waals surface area contributed by atoms with Crippen molar-refractivity contribution in [2.75, 3.05) is 7.05 Å². The molecule has 0 aromatic heterocycles. The lowest BCUT2D eigenvalue weighted by Crippen LogP contribution is -2.26. The summed E-state index contributed by atoms with van der Waals surface area (Å²) in [7, 11) is 1.36. The van der Waals surface area contributed by atoms with Crippen molar-refractivity contribution in [1.82, 2.24) is 5.32 Å². The molecule has 0 fully saturated rings. The average Bonchev–Trinajstić information content (AvgIpc) is 2.01. The number of hydrogen-bond acceptors (Lipinski definition) is 4. The third kappa shape index (κ3) is 3.93. The van der Waals surface area contributed by atoms with Crippen LogP contribution in [-0.2, 0) is 14.3 Å². The normalized spacial score (nSPS) is 12.9. The van der Waals surface area contributed by atoms with Gasteiger partial charge in [-0.2, -0.15) is 0 Å². The van der Waals surface area contributed by atoms with Gasteiger partial charge in [0.15, 0.2) is 11.9 Å². The lowest BCUT2D eigenvalue weighted by molar-refractivity contribution is -0.120. The van der Waals surface area contributed by atoms with Crippen molar-refractivity contribution in [3.63, 3.8) is 0 Å². The summed E-state index contributed by atoms with van der Waals surface area (Å²) >= 11 is 0. The van der Waals surface area contributed by atoms with Crippen molar-refractivity contribution in [3.05, 3.63) is 11.5 Å². The van der Waals surface area contributed by atoms with E-state index in [1.807, 2.05) is 0 Å². The number of rotatable bonds is 3. The van der Waals surface area contributed by atoms with Crippen LogP contribution in [0.3, 0.4) is 0 Å². The number of aldehydes is 1. The third-order valence-electron chi connectivity index (χ3n) is 1.22. The van der Waals surface area contributed by atoms with Gasteiger partial charge in [-0.15, -0.1) is 0 Å². The minimum atomic E-state index is -0.679. The van der Waals surface area contributed by atoms with Gasteiger partial charge in [-0.1, -0.05) is 0 Å². The Bertz CT molecular complexity index is 262. The number of amides is 1. The van der Waals surface area contributed by atoms with Crippen LogP contribution in [0.15, 0.2) is 11.5 Å². The lowest BCUT2D eigenvalue weighted by atomic mass is 10.2. The molecule has 0 aromatic carbocycles. The second kappa shape index (κ2) is 4.64. The maximum absolute atomic E-state index is 11.0. The Labute approximate surface area is 82.7 Å². The molecule has 5 nitrogen and oxygen atoms in total. The Balaban J connectivity index is 4.85. The van der Waals surface area contributed by atoms with Crippen molar-refractivity contribution in [2.24, 2.45) is 0 Å². The summed E-state index contributed by atoms with van der Waals surface area (Å²) in [6.45, 7) is 5.07. The summed E-state index contributed by atoms with van der Waals surface area (Å²) in [6.07, 6.45) is 0.250. The fourth-order valence-electron chi connectivity index (χ4n) is 0.681. The molecule has 0 saturated heterocycles. The topological polar surface area (TPSA) is 75.6 Å². The average molecular weight is 201 g/mol. The molecule has 0 rings (SSSR count). The van der Waals surface area contributed by atoms with Crippen molar-refractivity contribution in [2.45, 2.75) is 26.4 Å². The van der Waals surface area contributed by atoms with E-state index >= 15 is 0 Å². The largest absolute Gasteiger partial charge is 0.480 e. The summed E-state index contributed by atoms with van der Waals surface area (Å²) in [6, 6.07) is 0. The monoisotopic (exact) mass is 201 g/mol. The Morgan fingerprint density at radius 2 is 1.93 bits per heavy atom. The smallest absolute Gasteiger partial charge is 0.293 e. The first-order chi connectivity index (χ1) is 6.31. The van der Waals surface area contributed by atoms with Gasteiger partial charge < -0.3 is 15.2 Å². The minimum Gasteiger partial charge on any atom is -0.480 e. The van der Waals surface area contributed by atoms with Gasteiger partial charge in [0.2, 0.25) is 0 Å². The van der Waals surface area contributed by atoms with E-state index in [2.05, 4.69) is 5.32 Å². The van der Waals surface area contributed by atoms with Gasteiger partial charge in [-0.05, 0) is 20.8 Å². The highest BCUT2D eigenvalue weighted by Crippen LogP contribution is 2.13. The van der Waals surface area contributed by atoms with Gasteiger partial charge in [-0.25, -0.2) is 0 Å². The molecule has 0 saturated carbocycles. The third-order valence-corrected chi connectivity index (χ3v) is 1.22. The first kappa shape index (κ1) is 12.5. The van der Waals surface area contributed by atoms with Crippen molar-refractivity contribution in [1.29, 1.82) is 0 Å². The van der Waals surface area contributed by atoms with Crippen LogP contribution >= 0.6 is 0 Å². The SMILES string of the molecule is CNC(=O)/C(C=O)=C(/O)OC(C)(C)C. The molecule has 0 bridgehead atoms. The second-order valence-electron chi connectivity index (χ2n) is 3.63. The Morgan fingerprint density at radius 3 is 2.21 bits per heavy atom. The highest BCUT2D eigenvalue weighted by Gasteiger charge is 2.20. The van der Waals surface area contributed by atoms with Crippen molar-refractivity contribution < 1.29 is 19.4 Å². The molecule has 0 aliphatic heterocycles. The molecule has 0 aliphatic carbocycles. The number of carbonyl (C=O) groups is 2. The highest BCUT2D eigenvalue weighted by molar-refractivity contribution is 6.10. The van der Waals surface area contributed by atoms with E-state index in [1.165, 1.54) is 7.05 Å². The van der Waals surface area contributed by atoms with E-state index in [0.29, 0.717) is 0 Å². The van der Waals surface area contributed by atoms with E-state index in [9.17, 15) is 14.7 Å². The molecular weight excluding hydrogens is 186 g/mol. The molecule has 0 spiro atoms. The van der Waals surface area contributed by atoms with E-state index in [-0.39, 0.29) is 6.29 Å². The quantitative estimate of drug-likeness (QED) is 0.229. The zero-order valence-electron chi connectivity index (χ0n) is 8.75. The van der Waals surface area contributed by atoms with Gasteiger partial charge >= 0.3 is 0 Å². The first-order valence-electron chi connectivity index (χ1n) is 4.11. The Kier molecular flexibility index (Phi) is 4.14. The molecular formula is C9H15NO4. The molecule has 14 heavy (non-hydrogen) atoms. The molecule has 0 aromatic rings. The number of likely N-dealkylation sites (N-methyl/N-ethyl adjacent to an activating group) is 1. The summed E-state index contributed by atoms with van der Waals surface area (Å²) in [5.41, 5.74) is -1.07. The van der Waals surface area contributed by atoms with Crippen molar-refractivity contribution in [3.8, 4) is 0 Å². The fraction of sp³-hybridized carbons (Fsp3) is 0.556. The molecule has 80 valence electrons. The van der Waals surface area contributed by atoms with Crippen LogP contribution in [0.2, 0.25) is 0 Å². The summed E-state index contributed by atoms with van der Waals surface area (Å²) in [5, 5.41) is 11.5. The van der Waals surface area contributed by atoms with E-state index < -0.39 is 23.0 Å². The van der Waals surface area contributed by atoms with Gasteiger partial charge in [-0.3, -0.25) is 9.59 Å². The lowest BCUT2D eigenvalue weighted by Gasteiger charge is -2.20. The van der Waals surface area contributed by atoms with Crippen LogP contribution in [0.25, 0.3) is 0 Å². The zero-order chi connectivity index (χ0) is 11.4. The Morgan fingerprint density at radius 1 is 1.43 bits per heavy atom. The highest BCUT2D eigenvalue weighted by atomic mass is 16.6. The number of ether oxygens (including phenoxy) is 1. The molecule has 0 atom stereocenters. The first-order valence-corrected chi connectivity index (χ1v) is 4.11. The van der Waals surface area contributed by atoms with E-state index in [1.54, 1.807) is 20.8 Å². The van der Waals surface area contributed by atoms with Crippen molar-refractivity contribution >= 4 is 12.2 Å². The van der Waals surface area contributed by atoms with Crippen LogP contribution in [0, 0.1) is 0 Å². The zero-order valence-corrected chi connectivity index (χ0v) is 8.75. The number of aliphatic hydroxyl groups is 1. The van der Waals surface area contributed by atoms with Gasteiger partial charge in [0.25, 0.3) is 11.9 Å². The molecule has 1 amide bonds. The molecule has 0 heterocycles. The predicted octanol–water partition coefficient (Wildman–Crippen LogP) is 0.516. The number of hydrogen-bond donors (Lipinski definition) is 2. The van der Waals surface area contributed by atoms with Gasteiger partial charge in [0.1, 0.15) is 5.60 Å². The number of aliphatic hydroxyl groups excluding tert-OH is 1. The summed E-state index contributed by atoms with van der Waals surface area (Å²) < 4.78 is 4.96. The maximum atomic E-state index is 11.0. The number of carbonyl (C=O) groups excluding carboxylic acids is 2. The summed E-state index contributed by atoms with van der Waals surface area (Å²) in [5.74, 6) is -1.34. The number of nitrogens with one attached hydrogen (secondary N) is 1. The maximum Gasteiger partial charge on any atom is 0.293 e. The predicted molar refractivity (Wildman–Crippen MR) is 50.6 cm³/mol. The van der Waals surface area contributed by atoms with Crippen LogP contribution in [-0.4, -0.2) is 29.9 Å². The van der Waals surface area contributed by atoms with Gasteiger partial charge in [0, 0.05) is 7.05 Å². The van der Waals surface area contributed by atoms with Crippen LogP contribution < -0.4 is 5.32 Å². The standard InChI is InChI=1S/C9H15NO4/c1-9(2,3)14-8(13)6(5-11)7(12)10-4/h5,13H,1-4H3,(H,10,12)/b8-6-. The van der Waals surface area contributed by atoms with Crippen LogP contribution in [0.4, 0.5) is 0 Å². The molecule has 0 aliphatic rings. The molecule has 5 heteroatoms. The van der Waals surface area contributed by atoms with E-state index in [0.717, 1.165) is 0 Å². The summed E-state index contributed by atoms with van der Waals surface area (Å²) in [4.78, 5) is 21.5. The Hall–Kier alpha value is -1.52. The van der Waals surface area contributed by atoms with Crippen LogP contribution in [0.5, 0.6) is 0 Å². The fourth-order valence-corrected chi connectivity index (χ4v) is 0.681. The van der Waals surface area contributed by atoms with Crippen LogP contribution in [0.1, 0.15) is 20.8 Å². The second-order valence-corrected chi connectivity index (χ2v) is 3.63. The minimum absolute atomic E-state index is 0.250.